The van der Waals surface area contributed by atoms with Crippen LogP contribution >= 0.6 is 11.6 Å². The predicted octanol–water partition coefficient (Wildman–Crippen LogP) is 4.73. The zero-order valence-electron chi connectivity index (χ0n) is 18.9. The topological polar surface area (TPSA) is 97.2 Å². The third kappa shape index (κ3) is 5.15. The van der Waals surface area contributed by atoms with E-state index >= 15 is 0 Å². The van der Waals surface area contributed by atoms with Crippen molar-refractivity contribution in [1.29, 1.82) is 0 Å². The number of ether oxygens (including phenoxy) is 1. The molecule has 0 saturated heterocycles. The summed E-state index contributed by atoms with van der Waals surface area (Å²) >= 11 is 6.45. The van der Waals surface area contributed by atoms with Crippen molar-refractivity contribution >= 4 is 17.5 Å². The highest BCUT2D eigenvalue weighted by molar-refractivity contribution is 6.33. The molecule has 172 valence electrons. The first-order valence-electron chi connectivity index (χ1n) is 10.9. The summed E-state index contributed by atoms with van der Waals surface area (Å²) in [6.45, 7) is 4.99. The van der Waals surface area contributed by atoms with E-state index in [1.807, 2.05) is 36.4 Å². The van der Waals surface area contributed by atoms with E-state index in [-0.39, 0.29) is 17.7 Å². The van der Waals surface area contributed by atoms with E-state index in [1.165, 1.54) is 0 Å². The number of benzene rings is 2. The number of hydrogen-bond donors (Lipinski definition) is 2. The molecule has 1 heterocycles. The van der Waals surface area contributed by atoms with Crippen LogP contribution in [0.25, 0.3) is 22.8 Å². The Labute approximate surface area is 198 Å². The van der Waals surface area contributed by atoms with E-state index in [9.17, 15) is 9.90 Å². The molecular formula is C25H27ClN4O3. The fourth-order valence-electron chi connectivity index (χ4n) is 3.74. The normalized spacial score (nSPS) is 14.3. The molecule has 8 heteroatoms. The Kier molecular flexibility index (Phi) is 6.63. The second-order valence-corrected chi connectivity index (χ2v) is 9.18. The summed E-state index contributed by atoms with van der Waals surface area (Å²) in [7, 11) is 1.61. The molecule has 0 atom stereocenters. The van der Waals surface area contributed by atoms with Gasteiger partial charge in [0, 0.05) is 24.8 Å². The van der Waals surface area contributed by atoms with Crippen LogP contribution in [0.1, 0.15) is 43.7 Å². The molecule has 1 fully saturated rings. The number of carbonyl (C=O) groups excluding carboxylic acids is 1. The molecule has 0 unspecified atom stereocenters. The second-order valence-electron chi connectivity index (χ2n) is 8.77. The Bertz CT molecular complexity index is 1180. The summed E-state index contributed by atoms with van der Waals surface area (Å²) in [5, 5.41) is 13.6. The highest BCUT2D eigenvalue weighted by Crippen LogP contribution is 2.46. The van der Waals surface area contributed by atoms with Gasteiger partial charge in [-0.05, 0) is 48.1 Å². The maximum atomic E-state index is 12.6. The SMILES string of the molecule is COCC1(C(=O)NCc2ccc(Cl)c(-c3nc(O)nc(-c4cccc(C(C)C)c4)n3)c2)CC1. The first-order chi connectivity index (χ1) is 15.8. The number of nitrogens with one attached hydrogen (secondary N) is 1. The maximum absolute atomic E-state index is 12.6. The lowest BCUT2D eigenvalue weighted by Gasteiger charge is -2.15. The zero-order chi connectivity index (χ0) is 23.6. The van der Waals surface area contributed by atoms with Crippen LogP contribution in [-0.2, 0) is 16.1 Å². The van der Waals surface area contributed by atoms with Crippen molar-refractivity contribution in [2.45, 2.75) is 39.2 Å². The van der Waals surface area contributed by atoms with Gasteiger partial charge >= 0.3 is 6.01 Å². The van der Waals surface area contributed by atoms with Crippen LogP contribution in [0.4, 0.5) is 0 Å². The number of aromatic nitrogens is 3. The van der Waals surface area contributed by atoms with E-state index < -0.39 is 5.41 Å². The fraction of sp³-hybridized carbons (Fsp3) is 0.360. The third-order valence-corrected chi connectivity index (χ3v) is 6.25. The van der Waals surface area contributed by atoms with Crippen molar-refractivity contribution in [3.63, 3.8) is 0 Å². The van der Waals surface area contributed by atoms with Crippen LogP contribution in [0.2, 0.25) is 5.02 Å². The van der Waals surface area contributed by atoms with Gasteiger partial charge in [0.25, 0.3) is 0 Å². The molecule has 1 aliphatic carbocycles. The van der Waals surface area contributed by atoms with Crippen LogP contribution in [0.5, 0.6) is 6.01 Å². The molecule has 1 aliphatic rings. The summed E-state index contributed by atoms with van der Waals surface area (Å²) in [4.78, 5) is 25.3. The molecule has 1 aromatic heterocycles. The average Bonchev–Trinajstić information content (AvgIpc) is 3.59. The Hall–Kier alpha value is -3.03. The number of hydrogen-bond acceptors (Lipinski definition) is 6. The number of rotatable bonds is 8. The van der Waals surface area contributed by atoms with Crippen LogP contribution in [0.3, 0.4) is 0 Å². The lowest BCUT2D eigenvalue weighted by atomic mass is 10.0. The summed E-state index contributed by atoms with van der Waals surface area (Å²) in [6, 6.07) is 12.9. The molecule has 7 nitrogen and oxygen atoms in total. The number of methoxy groups -OCH3 is 1. The van der Waals surface area contributed by atoms with Gasteiger partial charge in [-0.3, -0.25) is 4.79 Å². The maximum Gasteiger partial charge on any atom is 0.318 e. The smallest absolute Gasteiger partial charge is 0.318 e. The molecule has 2 N–H and O–H groups in total. The first kappa shape index (κ1) is 23.1. The minimum absolute atomic E-state index is 0.00836. The minimum atomic E-state index is -0.399. The van der Waals surface area contributed by atoms with Gasteiger partial charge in [0.15, 0.2) is 11.6 Å². The van der Waals surface area contributed by atoms with Crippen molar-refractivity contribution in [3.05, 3.63) is 58.6 Å². The lowest BCUT2D eigenvalue weighted by molar-refractivity contribution is -0.128. The molecule has 4 rings (SSSR count). The molecule has 1 amide bonds. The van der Waals surface area contributed by atoms with E-state index in [0.717, 1.165) is 29.5 Å². The zero-order valence-corrected chi connectivity index (χ0v) is 19.7. The van der Waals surface area contributed by atoms with Gasteiger partial charge in [-0.2, -0.15) is 9.97 Å². The fourth-order valence-corrected chi connectivity index (χ4v) is 3.94. The Morgan fingerprint density at radius 1 is 1.15 bits per heavy atom. The van der Waals surface area contributed by atoms with Gasteiger partial charge in [-0.1, -0.05) is 49.7 Å². The third-order valence-electron chi connectivity index (χ3n) is 5.92. The van der Waals surface area contributed by atoms with Gasteiger partial charge in [0.2, 0.25) is 5.91 Å². The number of nitrogens with zero attached hydrogens (tertiary/aromatic N) is 3. The van der Waals surface area contributed by atoms with Gasteiger partial charge in [-0.15, -0.1) is 0 Å². The first-order valence-corrected chi connectivity index (χ1v) is 11.3. The molecule has 3 aromatic rings. The monoisotopic (exact) mass is 466 g/mol. The molecule has 2 aromatic carbocycles. The van der Waals surface area contributed by atoms with E-state index in [2.05, 4.69) is 34.1 Å². The van der Waals surface area contributed by atoms with E-state index in [4.69, 9.17) is 16.3 Å². The van der Waals surface area contributed by atoms with E-state index in [1.54, 1.807) is 13.2 Å². The average molecular weight is 467 g/mol. The van der Waals surface area contributed by atoms with Gasteiger partial charge in [0.05, 0.1) is 17.0 Å². The number of amides is 1. The van der Waals surface area contributed by atoms with Crippen molar-refractivity contribution in [2.24, 2.45) is 5.41 Å². The Balaban J connectivity index is 1.60. The molecular weight excluding hydrogens is 440 g/mol. The number of halogens is 1. The van der Waals surface area contributed by atoms with Crippen molar-refractivity contribution < 1.29 is 14.6 Å². The predicted molar refractivity (Wildman–Crippen MR) is 127 cm³/mol. The molecule has 0 radical (unpaired) electrons. The van der Waals surface area contributed by atoms with Crippen LogP contribution in [0, 0.1) is 5.41 Å². The van der Waals surface area contributed by atoms with Gasteiger partial charge < -0.3 is 15.2 Å². The van der Waals surface area contributed by atoms with Crippen molar-refractivity contribution in [3.8, 4) is 28.8 Å². The summed E-state index contributed by atoms with van der Waals surface area (Å²) in [5.74, 6) is 0.972. The summed E-state index contributed by atoms with van der Waals surface area (Å²) < 4.78 is 5.19. The minimum Gasteiger partial charge on any atom is -0.479 e. The highest BCUT2D eigenvalue weighted by atomic mass is 35.5. The highest BCUT2D eigenvalue weighted by Gasteiger charge is 2.49. The van der Waals surface area contributed by atoms with Crippen LogP contribution in [0.15, 0.2) is 42.5 Å². The summed E-state index contributed by atoms with van der Waals surface area (Å²) in [6.07, 6.45) is 1.67. The van der Waals surface area contributed by atoms with Crippen LogP contribution in [-0.4, -0.2) is 39.7 Å². The Morgan fingerprint density at radius 3 is 2.61 bits per heavy atom. The summed E-state index contributed by atoms with van der Waals surface area (Å²) in [5.41, 5.74) is 2.93. The van der Waals surface area contributed by atoms with Crippen LogP contribution < -0.4 is 5.32 Å². The molecule has 0 spiro atoms. The second kappa shape index (κ2) is 9.45. The quantitative estimate of drug-likeness (QED) is 0.498. The van der Waals surface area contributed by atoms with Crippen molar-refractivity contribution in [2.75, 3.05) is 13.7 Å². The lowest BCUT2D eigenvalue weighted by Crippen LogP contribution is -2.34. The number of aromatic hydroxyl groups is 1. The molecule has 33 heavy (non-hydrogen) atoms. The largest absolute Gasteiger partial charge is 0.479 e. The van der Waals surface area contributed by atoms with Crippen molar-refractivity contribution in [1.82, 2.24) is 20.3 Å². The standard InChI is InChI=1S/C25H27ClN4O3/c1-15(2)17-5-4-6-18(12-17)21-28-22(30-24(32)29-21)19-11-16(7-8-20(19)26)13-27-23(31)25(9-10-25)14-33-3/h4-8,11-12,15H,9-10,13-14H2,1-3H3,(H,27,31)(H,28,29,30,32). The molecule has 0 bridgehead atoms. The van der Waals surface area contributed by atoms with Gasteiger partial charge in [0.1, 0.15) is 0 Å². The van der Waals surface area contributed by atoms with Gasteiger partial charge in [-0.25, -0.2) is 4.98 Å². The molecule has 1 saturated carbocycles. The molecule has 0 aliphatic heterocycles. The number of carbonyl (C=O) groups is 1. The Morgan fingerprint density at radius 2 is 1.91 bits per heavy atom. The van der Waals surface area contributed by atoms with E-state index in [0.29, 0.717) is 35.5 Å².